The molecule has 0 saturated carbocycles. The van der Waals surface area contributed by atoms with E-state index in [0.29, 0.717) is 26.4 Å². The number of methoxy groups -OCH3 is 2. The number of ether oxygens (including phenoxy) is 3. The van der Waals surface area contributed by atoms with E-state index in [1.165, 1.54) is 5.56 Å². The van der Waals surface area contributed by atoms with Crippen molar-refractivity contribution >= 4 is 5.96 Å². The average Bonchev–Trinajstić information content (AvgIpc) is 2.67. The summed E-state index contributed by atoms with van der Waals surface area (Å²) in [6, 6.07) is 8.36. The van der Waals surface area contributed by atoms with Crippen LogP contribution >= 0.6 is 0 Å². The van der Waals surface area contributed by atoms with E-state index in [2.05, 4.69) is 48.7 Å². The van der Waals surface area contributed by atoms with Crippen molar-refractivity contribution in [2.75, 3.05) is 67.8 Å². The number of likely N-dealkylation sites (N-methyl/N-ethyl adjacent to an activating group) is 1. The van der Waals surface area contributed by atoms with Gasteiger partial charge >= 0.3 is 0 Å². The van der Waals surface area contributed by atoms with Crippen molar-refractivity contribution in [2.24, 2.45) is 4.99 Å². The molecule has 0 bridgehead atoms. The van der Waals surface area contributed by atoms with E-state index < -0.39 is 0 Å². The molecule has 0 saturated heterocycles. The van der Waals surface area contributed by atoms with Gasteiger partial charge in [0.1, 0.15) is 5.75 Å². The summed E-state index contributed by atoms with van der Waals surface area (Å²) in [5, 5.41) is 6.66. The largest absolute Gasteiger partial charge is 0.497 e. The van der Waals surface area contributed by atoms with Crippen LogP contribution in [0.5, 0.6) is 5.75 Å². The molecule has 0 aromatic heterocycles. The molecular weight excluding hydrogens is 344 g/mol. The fourth-order valence-corrected chi connectivity index (χ4v) is 2.54. The summed E-state index contributed by atoms with van der Waals surface area (Å²) in [5.74, 6) is 1.69. The highest BCUT2D eigenvalue weighted by Crippen LogP contribution is 2.21. The lowest BCUT2D eigenvalue weighted by Gasteiger charge is -2.24. The van der Waals surface area contributed by atoms with E-state index in [1.807, 2.05) is 12.1 Å². The van der Waals surface area contributed by atoms with Crippen molar-refractivity contribution in [2.45, 2.75) is 19.4 Å². The molecule has 0 fully saturated rings. The SMILES string of the molecule is CCNC(=NCC(c1ccc(OC)cc1)N(C)C)NCCCOCCOC. The van der Waals surface area contributed by atoms with Crippen LogP contribution in [0.15, 0.2) is 29.3 Å². The zero-order valence-electron chi connectivity index (χ0n) is 17.5. The third kappa shape index (κ3) is 9.60. The number of rotatable bonds is 13. The first kappa shape index (κ1) is 23.2. The first-order valence-corrected chi connectivity index (χ1v) is 9.51. The number of guanidine groups is 1. The van der Waals surface area contributed by atoms with Crippen molar-refractivity contribution in [1.29, 1.82) is 0 Å². The molecule has 2 N–H and O–H groups in total. The van der Waals surface area contributed by atoms with Gasteiger partial charge in [-0.05, 0) is 45.1 Å². The van der Waals surface area contributed by atoms with Crippen molar-refractivity contribution in [1.82, 2.24) is 15.5 Å². The fraction of sp³-hybridized carbons (Fsp3) is 0.650. The number of nitrogens with one attached hydrogen (secondary N) is 2. The number of aliphatic imine (C=N–C) groups is 1. The van der Waals surface area contributed by atoms with Crippen LogP contribution in [0.4, 0.5) is 0 Å². The molecule has 0 aliphatic carbocycles. The summed E-state index contributed by atoms with van der Waals surface area (Å²) < 4.78 is 15.7. The molecule has 1 atom stereocenters. The highest BCUT2D eigenvalue weighted by Gasteiger charge is 2.14. The van der Waals surface area contributed by atoms with Crippen LogP contribution in [0.25, 0.3) is 0 Å². The number of benzene rings is 1. The lowest BCUT2D eigenvalue weighted by atomic mass is 10.1. The Balaban J connectivity index is 2.56. The van der Waals surface area contributed by atoms with Crippen molar-refractivity contribution in [3.63, 3.8) is 0 Å². The minimum atomic E-state index is 0.198. The van der Waals surface area contributed by atoms with Crippen LogP contribution in [0, 0.1) is 0 Å². The highest BCUT2D eigenvalue weighted by molar-refractivity contribution is 5.79. The molecule has 1 aromatic rings. The van der Waals surface area contributed by atoms with E-state index in [9.17, 15) is 0 Å². The predicted octanol–water partition coefficient (Wildman–Crippen LogP) is 1.91. The van der Waals surface area contributed by atoms with Crippen molar-refractivity contribution in [3.05, 3.63) is 29.8 Å². The van der Waals surface area contributed by atoms with E-state index >= 15 is 0 Å². The van der Waals surface area contributed by atoms with Crippen LogP contribution in [-0.4, -0.2) is 78.6 Å². The molecule has 7 heteroatoms. The number of hydrogen-bond acceptors (Lipinski definition) is 5. The van der Waals surface area contributed by atoms with Crippen LogP contribution < -0.4 is 15.4 Å². The fourth-order valence-electron chi connectivity index (χ4n) is 2.54. The van der Waals surface area contributed by atoms with Crippen molar-refractivity contribution in [3.8, 4) is 5.75 Å². The Hall–Kier alpha value is -1.83. The maximum atomic E-state index is 5.48. The van der Waals surface area contributed by atoms with Gasteiger partial charge in [-0.25, -0.2) is 0 Å². The summed E-state index contributed by atoms with van der Waals surface area (Å²) in [5.41, 5.74) is 1.21. The van der Waals surface area contributed by atoms with Crippen LogP contribution in [0.2, 0.25) is 0 Å². The van der Waals surface area contributed by atoms with Gasteiger partial charge in [0.25, 0.3) is 0 Å². The molecule has 7 nitrogen and oxygen atoms in total. The Kier molecular flexibility index (Phi) is 12.3. The van der Waals surface area contributed by atoms with Crippen molar-refractivity contribution < 1.29 is 14.2 Å². The molecule has 1 unspecified atom stereocenters. The van der Waals surface area contributed by atoms with Gasteiger partial charge in [0.15, 0.2) is 5.96 Å². The zero-order chi connectivity index (χ0) is 19.9. The Bertz CT molecular complexity index is 520. The maximum absolute atomic E-state index is 5.48. The maximum Gasteiger partial charge on any atom is 0.191 e. The smallest absolute Gasteiger partial charge is 0.191 e. The number of nitrogens with zero attached hydrogens (tertiary/aromatic N) is 2. The molecule has 0 aliphatic rings. The molecule has 0 radical (unpaired) electrons. The third-order valence-corrected chi connectivity index (χ3v) is 4.08. The molecule has 0 aliphatic heterocycles. The van der Waals surface area contributed by atoms with Gasteiger partial charge in [-0.15, -0.1) is 0 Å². The van der Waals surface area contributed by atoms with Gasteiger partial charge in [0.2, 0.25) is 0 Å². The second-order valence-corrected chi connectivity index (χ2v) is 6.36. The Morgan fingerprint density at radius 1 is 1.07 bits per heavy atom. The van der Waals surface area contributed by atoms with E-state index in [4.69, 9.17) is 19.2 Å². The van der Waals surface area contributed by atoms with Gasteiger partial charge in [0.05, 0.1) is 32.9 Å². The summed E-state index contributed by atoms with van der Waals surface area (Å²) in [6.45, 7) is 6.35. The monoisotopic (exact) mass is 380 g/mol. The zero-order valence-corrected chi connectivity index (χ0v) is 17.5. The van der Waals surface area contributed by atoms with Crippen LogP contribution in [-0.2, 0) is 9.47 Å². The van der Waals surface area contributed by atoms with Gasteiger partial charge in [-0.1, -0.05) is 12.1 Å². The lowest BCUT2D eigenvalue weighted by Crippen LogP contribution is -2.38. The Morgan fingerprint density at radius 2 is 1.81 bits per heavy atom. The molecule has 1 aromatic carbocycles. The minimum absolute atomic E-state index is 0.198. The molecular formula is C20H36N4O3. The molecule has 0 heterocycles. The quantitative estimate of drug-likeness (QED) is 0.310. The van der Waals surface area contributed by atoms with E-state index in [-0.39, 0.29) is 6.04 Å². The van der Waals surface area contributed by atoms with Gasteiger partial charge < -0.3 is 29.7 Å². The predicted molar refractivity (Wildman–Crippen MR) is 111 cm³/mol. The normalized spacial score (nSPS) is 12.9. The third-order valence-electron chi connectivity index (χ3n) is 4.08. The van der Waals surface area contributed by atoms with Gasteiger partial charge in [-0.2, -0.15) is 0 Å². The Morgan fingerprint density at radius 3 is 2.41 bits per heavy atom. The summed E-state index contributed by atoms with van der Waals surface area (Å²) >= 11 is 0. The minimum Gasteiger partial charge on any atom is -0.497 e. The van der Waals surface area contributed by atoms with Gasteiger partial charge in [0, 0.05) is 26.8 Å². The molecule has 154 valence electrons. The second kappa shape index (κ2) is 14.3. The molecule has 0 spiro atoms. The highest BCUT2D eigenvalue weighted by atomic mass is 16.5. The second-order valence-electron chi connectivity index (χ2n) is 6.36. The van der Waals surface area contributed by atoms with Crippen LogP contribution in [0.3, 0.4) is 0 Å². The summed E-state index contributed by atoms with van der Waals surface area (Å²) in [4.78, 5) is 6.94. The summed E-state index contributed by atoms with van der Waals surface area (Å²) in [7, 11) is 7.50. The average molecular weight is 381 g/mol. The molecule has 27 heavy (non-hydrogen) atoms. The van der Waals surface area contributed by atoms with E-state index in [0.717, 1.165) is 31.2 Å². The standard InChI is InChI=1S/C20H36N4O3/c1-6-21-20(22-12-7-13-27-15-14-25-4)23-16-19(24(2)3)17-8-10-18(26-5)11-9-17/h8-11,19H,6-7,12-16H2,1-5H3,(H2,21,22,23). The topological polar surface area (TPSA) is 67.4 Å². The molecule has 1 rings (SSSR count). The van der Waals surface area contributed by atoms with E-state index in [1.54, 1.807) is 14.2 Å². The number of hydrogen-bond donors (Lipinski definition) is 2. The molecule has 0 amide bonds. The first-order valence-electron chi connectivity index (χ1n) is 9.51. The Labute approximate surface area is 164 Å². The first-order chi connectivity index (χ1) is 13.1. The summed E-state index contributed by atoms with van der Waals surface area (Å²) in [6.07, 6.45) is 0.920. The van der Waals surface area contributed by atoms with Crippen LogP contribution in [0.1, 0.15) is 24.9 Å². The lowest BCUT2D eigenvalue weighted by molar-refractivity contribution is 0.0698. The van der Waals surface area contributed by atoms with Gasteiger partial charge in [-0.3, -0.25) is 4.99 Å².